The Hall–Kier alpha value is -1.52. The van der Waals surface area contributed by atoms with Crippen molar-refractivity contribution in [3.8, 4) is 0 Å². The summed E-state index contributed by atoms with van der Waals surface area (Å²) < 4.78 is 0. The van der Waals surface area contributed by atoms with Crippen LogP contribution in [-0.4, -0.2) is 30.2 Å². The maximum Gasteiger partial charge on any atom is 0.314 e. The maximum absolute atomic E-state index is 11.3. The van der Waals surface area contributed by atoms with Crippen LogP contribution in [0.1, 0.15) is 39.0 Å². The van der Waals surface area contributed by atoms with E-state index >= 15 is 0 Å². The predicted octanol–water partition coefficient (Wildman–Crippen LogP) is 2.14. The van der Waals surface area contributed by atoms with E-state index in [2.05, 4.69) is 17.2 Å². The highest BCUT2D eigenvalue weighted by atomic mass is 16.4. The Morgan fingerprint density at radius 2 is 1.94 bits per heavy atom. The number of amides is 2. The van der Waals surface area contributed by atoms with Crippen molar-refractivity contribution in [1.82, 2.24) is 10.6 Å². The first-order valence-corrected chi connectivity index (χ1v) is 6.44. The van der Waals surface area contributed by atoms with Crippen LogP contribution in [0, 0.1) is 5.92 Å². The molecule has 5 heteroatoms. The van der Waals surface area contributed by atoms with Gasteiger partial charge in [0.1, 0.15) is 0 Å². The van der Waals surface area contributed by atoms with Gasteiger partial charge in [0, 0.05) is 19.5 Å². The van der Waals surface area contributed by atoms with Gasteiger partial charge in [0.15, 0.2) is 0 Å². The minimum atomic E-state index is -0.761. The fourth-order valence-electron chi connectivity index (χ4n) is 1.62. The number of carbonyl (C=O) groups is 2. The average molecular weight is 256 g/mol. The third-order valence-corrected chi connectivity index (χ3v) is 2.82. The number of aliphatic carboxylic acids is 1. The summed E-state index contributed by atoms with van der Waals surface area (Å²) in [7, 11) is 0. The Labute approximate surface area is 109 Å². The van der Waals surface area contributed by atoms with E-state index in [9.17, 15) is 9.59 Å². The molecule has 5 nitrogen and oxygen atoms in total. The van der Waals surface area contributed by atoms with Gasteiger partial charge in [-0.3, -0.25) is 4.79 Å². The van der Waals surface area contributed by atoms with E-state index in [1.54, 1.807) is 6.08 Å². The lowest BCUT2D eigenvalue weighted by Crippen LogP contribution is -2.36. The summed E-state index contributed by atoms with van der Waals surface area (Å²) in [6, 6.07) is -0.176. The molecule has 0 aliphatic carbocycles. The minimum absolute atomic E-state index is 0.176. The second-order valence-corrected chi connectivity index (χ2v) is 4.26. The molecule has 0 heterocycles. The van der Waals surface area contributed by atoms with E-state index in [-0.39, 0.29) is 12.5 Å². The van der Waals surface area contributed by atoms with Crippen LogP contribution < -0.4 is 10.6 Å². The highest BCUT2D eigenvalue weighted by Crippen LogP contribution is 2.14. The second-order valence-electron chi connectivity index (χ2n) is 4.26. The third kappa shape index (κ3) is 9.69. The molecule has 0 aromatic heterocycles. The van der Waals surface area contributed by atoms with Crippen molar-refractivity contribution in [2.45, 2.75) is 39.0 Å². The largest absolute Gasteiger partial charge is 0.481 e. The average Bonchev–Trinajstić information content (AvgIpc) is 2.33. The molecule has 3 N–H and O–H groups in total. The molecular formula is C13H24N2O3. The van der Waals surface area contributed by atoms with Gasteiger partial charge in [-0.25, -0.2) is 4.79 Å². The first kappa shape index (κ1) is 16.5. The van der Waals surface area contributed by atoms with Gasteiger partial charge in [-0.15, -0.1) is 6.58 Å². The van der Waals surface area contributed by atoms with Crippen LogP contribution in [0.2, 0.25) is 0 Å². The quantitative estimate of drug-likeness (QED) is 0.414. The fourth-order valence-corrected chi connectivity index (χ4v) is 1.62. The van der Waals surface area contributed by atoms with Gasteiger partial charge in [-0.2, -0.15) is 0 Å². The zero-order valence-corrected chi connectivity index (χ0v) is 11.1. The van der Waals surface area contributed by atoms with Gasteiger partial charge in [-0.05, 0) is 25.2 Å². The monoisotopic (exact) mass is 256 g/mol. The number of urea groups is 1. The molecule has 0 fully saturated rings. The highest BCUT2D eigenvalue weighted by molar-refractivity contribution is 5.73. The second kappa shape index (κ2) is 10.6. The van der Waals surface area contributed by atoms with Crippen LogP contribution in [0.25, 0.3) is 0 Å². The minimum Gasteiger partial charge on any atom is -0.481 e. The summed E-state index contributed by atoms with van der Waals surface area (Å²) in [6.45, 7) is 6.78. The Kier molecular flexibility index (Phi) is 9.73. The van der Waals surface area contributed by atoms with E-state index in [0.29, 0.717) is 25.4 Å². The first-order chi connectivity index (χ1) is 8.60. The molecule has 0 rings (SSSR count). The SMILES string of the molecule is C=CCCNC(=O)NCCC(CC)CCC(=O)O. The summed E-state index contributed by atoms with van der Waals surface area (Å²) in [6.07, 6.45) is 5.13. The van der Waals surface area contributed by atoms with Crippen molar-refractivity contribution in [3.63, 3.8) is 0 Å². The predicted molar refractivity (Wildman–Crippen MR) is 71.5 cm³/mol. The number of nitrogens with one attached hydrogen (secondary N) is 2. The molecule has 0 saturated heterocycles. The van der Waals surface area contributed by atoms with Crippen molar-refractivity contribution >= 4 is 12.0 Å². The molecule has 18 heavy (non-hydrogen) atoms. The van der Waals surface area contributed by atoms with Gasteiger partial charge in [-0.1, -0.05) is 19.4 Å². The smallest absolute Gasteiger partial charge is 0.314 e. The van der Waals surface area contributed by atoms with Crippen LogP contribution in [0.15, 0.2) is 12.7 Å². The maximum atomic E-state index is 11.3. The lowest BCUT2D eigenvalue weighted by Gasteiger charge is -2.14. The Bertz CT molecular complexity index is 267. The number of hydrogen-bond acceptors (Lipinski definition) is 2. The molecule has 0 aliphatic heterocycles. The van der Waals surface area contributed by atoms with Gasteiger partial charge in [0.25, 0.3) is 0 Å². The fraction of sp³-hybridized carbons (Fsp3) is 0.692. The van der Waals surface area contributed by atoms with E-state index in [0.717, 1.165) is 19.3 Å². The lowest BCUT2D eigenvalue weighted by molar-refractivity contribution is -0.137. The van der Waals surface area contributed by atoms with Crippen molar-refractivity contribution in [2.75, 3.05) is 13.1 Å². The molecule has 0 saturated carbocycles. The summed E-state index contributed by atoms with van der Waals surface area (Å²) >= 11 is 0. The zero-order valence-electron chi connectivity index (χ0n) is 11.1. The molecule has 0 radical (unpaired) electrons. The van der Waals surface area contributed by atoms with Crippen LogP contribution in [0.5, 0.6) is 0 Å². The Morgan fingerprint density at radius 1 is 1.28 bits per heavy atom. The molecule has 1 unspecified atom stereocenters. The molecule has 2 amide bonds. The Balaban J connectivity index is 3.62. The lowest BCUT2D eigenvalue weighted by atomic mass is 9.97. The van der Waals surface area contributed by atoms with Crippen molar-refractivity contribution in [2.24, 2.45) is 5.92 Å². The normalized spacial score (nSPS) is 11.6. The summed E-state index contributed by atoms with van der Waals surface area (Å²) in [5, 5.41) is 14.1. The van der Waals surface area contributed by atoms with E-state index in [4.69, 9.17) is 5.11 Å². The molecule has 104 valence electrons. The Morgan fingerprint density at radius 3 is 2.50 bits per heavy atom. The van der Waals surface area contributed by atoms with E-state index < -0.39 is 5.97 Å². The number of rotatable bonds is 10. The first-order valence-electron chi connectivity index (χ1n) is 6.44. The van der Waals surface area contributed by atoms with Gasteiger partial charge >= 0.3 is 12.0 Å². The van der Waals surface area contributed by atoms with Gasteiger partial charge in [0.2, 0.25) is 0 Å². The number of hydrogen-bond donors (Lipinski definition) is 3. The van der Waals surface area contributed by atoms with E-state index in [1.165, 1.54) is 0 Å². The molecule has 0 aromatic rings. The van der Waals surface area contributed by atoms with Crippen LogP contribution >= 0.6 is 0 Å². The number of carboxylic acids is 1. The molecular weight excluding hydrogens is 232 g/mol. The topological polar surface area (TPSA) is 78.4 Å². The summed E-state index contributed by atoms with van der Waals surface area (Å²) in [5.41, 5.74) is 0. The van der Waals surface area contributed by atoms with Crippen molar-refractivity contribution in [3.05, 3.63) is 12.7 Å². The van der Waals surface area contributed by atoms with Crippen molar-refractivity contribution in [1.29, 1.82) is 0 Å². The highest BCUT2D eigenvalue weighted by Gasteiger charge is 2.09. The summed E-state index contributed by atoms with van der Waals surface area (Å²) in [4.78, 5) is 21.8. The van der Waals surface area contributed by atoms with Crippen LogP contribution in [0.4, 0.5) is 4.79 Å². The molecule has 0 bridgehead atoms. The number of carboxylic acid groups (broad SMARTS) is 1. The number of carbonyl (C=O) groups excluding carboxylic acids is 1. The molecule has 0 spiro atoms. The molecule has 0 aromatic carbocycles. The van der Waals surface area contributed by atoms with Gasteiger partial charge < -0.3 is 15.7 Å². The van der Waals surface area contributed by atoms with E-state index in [1.807, 2.05) is 6.92 Å². The van der Waals surface area contributed by atoms with Crippen molar-refractivity contribution < 1.29 is 14.7 Å². The van der Waals surface area contributed by atoms with Crippen LogP contribution in [0.3, 0.4) is 0 Å². The standard InChI is InChI=1S/C13H24N2O3/c1-3-5-9-14-13(18)15-10-8-11(4-2)6-7-12(16)17/h3,11H,1,4-10H2,2H3,(H,16,17)(H2,14,15,18). The third-order valence-electron chi connectivity index (χ3n) is 2.82. The zero-order chi connectivity index (χ0) is 13.8. The molecule has 0 aliphatic rings. The summed E-state index contributed by atoms with van der Waals surface area (Å²) in [5.74, 6) is -0.404. The molecule has 1 atom stereocenters. The van der Waals surface area contributed by atoms with Crippen LogP contribution in [-0.2, 0) is 4.79 Å². The van der Waals surface area contributed by atoms with Gasteiger partial charge in [0.05, 0.1) is 0 Å².